The zero-order chi connectivity index (χ0) is 22.4. The molecule has 9 heteroatoms. The van der Waals surface area contributed by atoms with Gasteiger partial charge in [0.1, 0.15) is 5.92 Å². The van der Waals surface area contributed by atoms with Crippen LogP contribution in [0.3, 0.4) is 0 Å². The Labute approximate surface area is 176 Å². The van der Waals surface area contributed by atoms with Gasteiger partial charge < -0.3 is 24.4 Å². The summed E-state index contributed by atoms with van der Waals surface area (Å²) in [5.41, 5.74) is 0.625. The number of nitrogens with one attached hydrogen (secondary N) is 1. The minimum atomic E-state index is -1.35. The van der Waals surface area contributed by atoms with Crippen LogP contribution < -0.4 is 5.32 Å². The van der Waals surface area contributed by atoms with E-state index >= 15 is 0 Å². The first-order chi connectivity index (χ1) is 14.3. The van der Waals surface area contributed by atoms with E-state index in [1.807, 2.05) is 6.92 Å². The van der Waals surface area contributed by atoms with E-state index in [4.69, 9.17) is 14.2 Å². The molecule has 2 aliphatic heterocycles. The van der Waals surface area contributed by atoms with Crippen LogP contribution in [0, 0.1) is 5.92 Å². The highest BCUT2D eigenvalue weighted by atomic mass is 16.5. The van der Waals surface area contributed by atoms with Crippen LogP contribution in [0.5, 0.6) is 0 Å². The molecule has 0 bridgehead atoms. The molecule has 0 aromatic heterocycles. The van der Waals surface area contributed by atoms with Crippen LogP contribution >= 0.6 is 0 Å². The molecule has 9 nitrogen and oxygen atoms in total. The maximum Gasteiger partial charge on any atom is 0.336 e. The van der Waals surface area contributed by atoms with Gasteiger partial charge in [-0.15, -0.1) is 0 Å². The molecular formula is C21H30N2O7. The Balaban J connectivity index is 2.25. The number of rotatable bonds is 6. The standard InChI is InChI=1S/C21H30N2O7/c1-6-14-9-7-8-10-23(14)15(24)11-30-21(27)18-16(19(25)28-4)12(2)22-13(3)17(18)20(26)29-5/h14,18,22H,6-11H2,1-5H3/t14-/m0/s1. The number of hydrogen-bond donors (Lipinski definition) is 1. The van der Waals surface area contributed by atoms with Gasteiger partial charge in [0.05, 0.1) is 25.4 Å². The van der Waals surface area contributed by atoms with Gasteiger partial charge in [0.25, 0.3) is 5.91 Å². The number of dihydropyridines is 1. The van der Waals surface area contributed by atoms with Crippen molar-refractivity contribution in [3.8, 4) is 0 Å². The average Bonchev–Trinajstić information content (AvgIpc) is 2.75. The quantitative estimate of drug-likeness (QED) is 0.506. The molecule has 0 saturated carbocycles. The highest BCUT2D eigenvalue weighted by Crippen LogP contribution is 2.32. The number of carbonyl (C=O) groups excluding carboxylic acids is 4. The van der Waals surface area contributed by atoms with Gasteiger partial charge in [0.15, 0.2) is 6.61 Å². The van der Waals surface area contributed by atoms with E-state index in [0.717, 1.165) is 25.7 Å². The summed E-state index contributed by atoms with van der Waals surface area (Å²) in [6.45, 7) is 5.37. The number of ether oxygens (including phenoxy) is 3. The molecule has 1 N–H and O–H groups in total. The molecule has 0 unspecified atom stereocenters. The fourth-order valence-corrected chi connectivity index (χ4v) is 4.04. The molecule has 1 fully saturated rings. The number of methoxy groups -OCH3 is 2. The van der Waals surface area contributed by atoms with Gasteiger partial charge in [0.2, 0.25) is 0 Å². The van der Waals surface area contributed by atoms with Crippen LogP contribution in [0.2, 0.25) is 0 Å². The van der Waals surface area contributed by atoms with E-state index in [0.29, 0.717) is 17.9 Å². The van der Waals surface area contributed by atoms with E-state index in [9.17, 15) is 19.2 Å². The van der Waals surface area contributed by atoms with E-state index in [-0.39, 0.29) is 23.1 Å². The third kappa shape index (κ3) is 4.83. The molecule has 0 aliphatic carbocycles. The topological polar surface area (TPSA) is 111 Å². The van der Waals surface area contributed by atoms with Crippen LogP contribution in [0.4, 0.5) is 0 Å². The molecule has 2 heterocycles. The van der Waals surface area contributed by atoms with Crippen molar-refractivity contribution in [3.63, 3.8) is 0 Å². The van der Waals surface area contributed by atoms with Crippen molar-refractivity contribution in [1.82, 2.24) is 10.2 Å². The summed E-state index contributed by atoms with van der Waals surface area (Å²) in [4.78, 5) is 52.1. The van der Waals surface area contributed by atoms with Gasteiger partial charge >= 0.3 is 17.9 Å². The Hall–Kier alpha value is -2.84. The monoisotopic (exact) mass is 422 g/mol. The first-order valence-electron chi connectivity index (χ1n) is 10.1. The second-order valence-electron chi connectivity index (χ2n) is 7.37. The molecule has 0 aromatic rings. The first kappa shape index (κ1) is 23.4. The maximum absolute atomic E-state index is 13.0. The number of nitrogens with zero attached hydrogens (tertiary/aromatic N) is 1. The lowest BCUT2D eigenvalue weighted by molar-refractivity contribution is -0.157. The molecule has 30 heavy (non-hydrogen) atoms. The highest BCUT2D eigenvalue weighted by molar-refractivity contribution is 6.05. The Morgan fingerprint density at radius 3 is 2.07 bits per heavy atom. The summed E-state index contributed by atoms with van der Waals surface area (Å²) in [7, 11) is 2.36. The fraction of sp³-hybridized carbons (Fsp3) is 0.619. The Morgan fingerprint density at radius 1 is 1.00 bits per heavy atom. The minimum Gasteiger partial charge on any atom is -0.466 e. The van der Waals surface area contributed by atoms with Crippen LogP contribution in [0.25, 0.3) is 0 Å². The number of likely N-dealkylation sites (tertiary alicyclic amines) is 1. The zero-order valence-electron chi connectivity index (χ0n) is 18.2. The molecule has 166 valence electrons. The van der Waals surface area contributed by atoms with Gasteiger partial charge in [-0.25, -0.2) is 9.59 Å². The Kier molecular flexibility index (Phi) is 8.02. The molecule has 1 amide bonds. The summed E-state index contributed by atoms with van der Waals surface area (Å²) in [5.74, 6) is -4.06. The summed E-state index contributed by atoms with van der Waals surface area (Å²) in [6, 6.07) is 0.129. The van der Waals surface area contributed by atoms with Gasteiger partial charge in [-0.2, -0.15) is 0 Å². The zero-order valence-corrected chi connectivity index (χ0v) is 18.2. The molecular weight excluding hydrogens is 392 g/mol. The lowest BCUT2D eigenvalue weighted by atomic mass is 9.85. The predicted octanol–water partition coefficient (Wildman–Crippen LogP) is 1.43. The molecule has 1 saturated heterocycles. The number of carbonyl (C=O) groups is 4. The molecule has 2 aliphatic rings. The molecule has 2 rings (SSSR count). The SMILES string of the molecule is CC[C@H]1CCCCN1C(=O)COC(=O)C1C(C(=O)OC)=C(C)NC(C)=C1C(=O)OC. The normalized spacial score (nSPS) is 19.9. The van der Waals surface area contributed by atoms with E-state index < -0.39 is 30.4 Å². The third-order valence-electron chi connectivity index (χ3n) is 5.56. The largest absolute Gasteiger partial charge is 0.466 e. The van der Waals surface area contributed by atoms with Crippen LogP contribution in [0.15, 0.2) is 22.5 Å². The summed E-state index contributed by atoms with van der Waals surface area (Å²) >= 11 is 0. The van der Waals surface area contributed by atoms with Crippen LogP contribution in [-0.4, -0.2) is 62.1 Å². The van der Waals surface area contributed by atoms with Gasteiger partial charge in [-0.05, 0) is 39.5 Å². The van der Waals surface area contributed by atoms with Crippen molar-refractivity contribution in [2.24, 2.45) is 5.92 Å². The predicted molar refractivity (Wildman–Crippen MR) is 107 cm³/mol. The number of amides is 1. The van der Waals surface area contributed by atoms with Crippen molar-refractivity contribution in [3.05, 3.63) is 22.5 Å². The van der Waals surface area contributed by atoms with Gasteiger partial charge in [0, 0.05) is 24.0 Å². The smallest absolute Gasteiger partial charge is 0.336 e. The van der Waals surface area contributed by atoms with Crippen LogP contribution in [0.1, 0.15) is 46.5 Å². The fourth-order valence-electron chi connectivity index (χ4n) is 4.04. The Morgan fingerprint density at radius 2 is 1.57 bits per heavy atom. The van der Waals surface area contributed by atoms with E-state index in [1.165, 1.54) is 14.2 Å². The number of hydrogen-bond acceptors (Lipinski definition) is 8. The summed E-state index contributed by atoms with van der Waals surface area (Å²) in [6.07, 6.45) is 3.73. The number of piperidine rings is 1. The maximum atomic E-state index is 13.0. The van der Waals surface area contributed by atoms with Crippen molar-refractivity contribution in [2.45, 2.75) is 52.5 Å². The van der Waals surface area contributed by atoms with Crippen molar-refractivity contribution in [2.75, 3.05) is 27.4 Å². The molecule has 0 spiro atoms. The van der Waals surface area contributed by atoms with Crippen molar-refractivity contribution in [1.29, 1.82) is 0 Å². The lowest BCUT2D eigenvalue weighted by Gasteiger charge is -2.35. The first-order valence-corrected chi connectivity index (χ1v) is 10.1. The van der Waals surface area contributed by atoms with Gasteiger partial charge in [-0.3, -0.25) is 9.59 Å². The summed E-state index contributed by atoms with van der Waals surface area (Å²) < 4.78 is 14.9. The second kappa shape index (κ2) is 10.3. The number of allylic oxidation sites excluding steroid dienone is 2. The van der Waals surface area contributed by atoms with Crippen molar-refractivity contribution < 1.29 is 33.4 Å². The van der Waals surface area contributed by atoms with E-state index in [1.54, 1.807) is 18.7 Å². The second-order valence-corrected chi connectivity index (χ2v) is 7.37. The van der Waals surface area contributed by atoms with Crippen LogP contribution in [-0.2, 0) is 33.4 Å². The Bertz CT molecular complexity index is 746. The van der Waals surface area contributed by atoms with Gasteiger partial charge in [-0.1, -0.05) is 6.92 Å². The lowest BCUT2D eigenvalue weighted by Crippen LogP contribution is -2.46. The minimum absolute atomic E-state index is 0.0506. The number of esters is 3. The highest BCUT2D eigenvalue weighted by Gasteiger charge is 2.42. The molecule has 1 atom stereocenters. The van der Waals surface area contributed by atoms with E-state index in [2.05, 4.69) is 5.32 Å². The third-order valence-corrected chi connectivity index (χ3v) is 5.56. The average molecular weight is 422 g/mol. The molecule has 0 radical (unpaired) electrons. The molecule has 0 aromatic carbocycles. The summed E-state index contributed by atoms with van der Waals surface area (Å²) in [5, 5.41) is 2.90. The van der Waals surface area contributed by atoms with Crippen molar-refractivity contribution >= 4 is 23.8 Å².